The number of carbonyl (C=O) groups excluding carboxylic acids is 1. The highest BCUT2D eigenvalue weighted by Gasteiger charge is 2.57. The van der Waals surface area contributed by atoms with Gasteiger partial charge in [-0.15, -0.1) is 0 Å². The van der Waals surface area contributed by atoms with Gasteiger partial charge in [0, 0.05) is 50.7 Å². The highest BCUT2D eigenvalue weighted by molar-refractivity contribution is 5.92. The average molecular weight is 457 g/mol. The summed E-state index contributed by atoms with van der Waals surface area (Å²) in [6.07, 6.45) is 13.4. The quantitative estimate of drug-likeness (QED) is 0.330. The predicted molar refractivity (Wildman–Crippen MR) is 131 cm³/mol. The van der Waals surface area contributed by atoms with E-state index in [1.165, 1.54) is 50.7 Å². The van der Waals surface area contributed by atoms with Crippen molar-refractivity contribution in [1.82, 2.24) is 4.90 Å². The maximum Gasteiger partial charge on any atom is 0.302 e. The van der Waals surface area contributed by atoms with Gasteiger partial charge in [0.1, 0.15) is 6.10 Å². The van der Waals surface area contributed by atoms with Gasteiger partial charge < -0.3 is 9.47 Å². The van der Waals surface area contributed by atoms with E-state index < -0.39 is 0 Å². The minimum Gasteiger partial charge on any atom is -0.462 e. The molecule has 0 aromatic heterocycles. The van der Waals surface area contributed by atoms with E-state index in [4.69, 9.17) is 14.5 Å². The minimum absolute atomic E-state index is 0.0925. The Kier molecular flexibility index (Phi) is 6.74. The molecule has 0 spiro atoms. The summed E-state index contributed by atoms with van der Waals surface area (Å²) in [5, 5.41) is 0. The lowest BCUT2D eigenvalue weighted by Gasteiger charge is -2.57. The van der Waals surface area contributed by atoms with Gasteiger partial charge in [0.05, 0.1) is 13.2 Å². The Morgan fingerprint density at radius 2 is 1.91 bits per heavy atom. The molecule has 0 radical (unpaired) electrons. The van der Waals surface area contributed by atoms with E-state index in [0.29, 0.717) is 10.8 Å². The van der Waals surface area contributed by atoms with Crippen molar-refractivity contribution in [2.24, 2.45) is 33.6 Å². The standard InChI is InChI=1S/C28H44N2O3/c1-20(31)33-22-9-11-27(2)21(19-22)5-6-23-24-7-8-26(28(24,3)12-10-25(23)27)29-13-4-14-30-15-17-32-18-16-30/h5,22-25H,4,6-19H2,1-3H3. The van der Waals surface area contributed by atoms with Crippen LogP contribution in [-0.2, 0) is 14.3 Å². The first-order valence-corrected chi connectivity index (χ1v) is 13.6. The lowest BCUT2D eigenvalue weighted by atomic mass is 9.48. The highest BCUT2D eigenvalue weighted by Crippen LogP contribution is 2.64. The Balaban J connectivity index is 1.23. The van der Waals surface area contributed by atoms with Gasteiger partial charge in [-0.1, -0.05) is 25.5 Å². The van der Waals surface area contributed by atoms with Crippen molar-refractivity contribution < 1.29 is 14.3 Å². The molecule has 5 nitrogen and oxygen atoms in total. The van der Waals surface area contributed by atoms with Gasteiger partial charge in [-0.25, -0.2) is 0 Å². The van der Waals surface area contributed by atoms with Gasteiger partial charge in [0.15, 0.2) is 0 Å². The fourth-order valence-electron chi connectivity index (χ4n) is 8.34. The van der Waals surface area contributed by atoms with E-state index in [1.54, 1.807) is 12.5 Å². The fourth-order valence-corrected chi connectivity index (χ4v) is 8.34. The van der Waals surface area contributed by atoms with Crippen molar-refractivity contribution in [1.29, 1.82) is 0 Å². The smallest absolute Gasteiger partial charge is 0.302 e. The molecule has 0 amide bonds. The van der Waals surface area contributed by atoms with E-state index in [1.807, 2.05) is 0 Å². The molecule has 5 heteroatoms. The van der Waals surface area contributed by atoms with Crippen molar-refractivity contribution in [3.63, 3.8) is 0 Å². The van der Waals surface area contributed by atoms with E-state index in [-0.39, 0.29) is 12.1 Å². The van der Waals surface area contributed by atoms with E-state index >= 15 is 0 Å². The van der Waals surface area contributed by atoms with Crippen molar-refractivity contribution in [3.05, 3.63) is 11.6 Å². The molecular formula is C28H44N2O3. The lowest BCUT2D eigenvalue weighted by molar-refractivity contribution is -0.148. The van der Waals surface area contributed by atoms with Crippen molar-refractivity contribution >= 4 is 11.7 Å². The van der Waals surface area contributed by atoms with E-state index in [0.717, 1.165) is 70.0 Å². The van der Waals surface area contributed by atoms with Crippen LogP contribution in [0.4, 0.5) is 0 Å². The summed E-state index contributed by atoms with van der Waals surface area (Å²) in [6.45, 7) is 12.7. The summed E-state index contributed by atoms with van der Waals surface area (Å²) in [7, 11) is 0. The monoisotopic (exact) mass is 456 g/mol. The van der Waals surface area contributed by atoms with Gasteiger partial charge >= 0.3 is 5.97 Å². The Morgan fingerprint density at radius 3 is 2.70 bits per heavy atom. The van der Waals surface area contributed by atoms with Gasteiger partial charge in [-0.05, 0) is 74.5 Å². The summed E-state index contributed by atoms with van der Waals surface area (Å²) in [5.41, 5.74) is 3.74. The number of carbonyl (C=O) groups is 1. The minimum atomic E-state index is -0.131. The van der Waals surface area contributed by atoms with Crippen LogP contribution in [-0.4, -0.2) is 62.1 Å². The normalized spacial score (nSPS) is 42.3. The van der Waals surface area contributed by atoms with Crippen LogP contribution in [0, 0.1) is 28.6 Å². The molecule has 6 atom stereocenters. The maximum atomic E-state index is 11.5. The summed E-state index contributed by atoms with van der Waals surface area (Å²) < 4.78 is 11.1. The summed E-state index contributed by atoms with van der Waals surface area (Å²) in [4.78, 5) is 19.2. The first-order chi connectivity index (χ1) is 15.9. The van der Waals surface area contributed by atoms with Gasteiger partial charge in [0.2, 0.25) is 0 Å². The molecule has 3 saturated carbocycles. The van der Waals surface area contributed by atoms with Gasteiger partial charge in [-0.2, -0.15) is 0 Å². The molecule has 33 heavy (non-hydrogen) atoms. The second-order valence-corrected chi connectivity index (χ2v) is 11.9. The molecule has 6 unspecified atom stereocenters. The molecule has 184 valence electrons. The molecular weight excluding hydrogens is 412 g/mol. The summed E-state index contributed by atoms with van der Waals surface area (Å²) in [6, 6.07) is 0. The molecule has 0 bridgehead atoms. The molecule has 0 aromatic rings. The van der Waals surface area contributed by atoms with Crippen LogP contribution in [0.3, 0.4) is 0 Å². The summed E-state index contributed by atoms with van der Waals surface area (Å²) >= 11 is 0. The van der Waals surface area contributed by atoms with Crippen LogP contribution in [0.15, 0.2) is 16.6 Å². The van der Waals surface area contributed by atoms with Crippen LogP contribution < -0.4 is 0 Å². The Labute approximate surface area is 200 Å². The van der Waals surface area contributed by atoms with Crippen LogP contribution >= 0.6 is 0 Å². The number of hydrogen-bond acceptors (Lipinski definition) is 5. The topological polar surface area (TPSA) is 51.1 Å². The van der Waals surface area contributed by atoms with Crippen LogP contribution in [0.2, 0.25) is 0 Å². The SMILES string of the molecule is CC(=O)OC1CCC2(C)C(=CCC3C2CCC2(C)C(=NCCCN4CCOCC4)CCC32)C1. The molecule has 1 heterocycles. The first-order valence-electron chi connectivity index (χ1n) is 13.6. The molecule has 1 saturated heterocycles. The number of esters is 1. The third-order valence-electron chi connectivity index (χ3n) is 10.2. The third kappa shape index (κ3) is 4.45. The van der Waals surface area contributed by atoms with Crippen LogP contribution in [0.1, 0.15) is 78.6 Å². The zero-order valence-corrected chi connectivity index (χ0v) is 21.1. The summed E-state index contributed by atoms with van der Waals surface area (Å²) in [5.74, 6) is 2.24. The third-order valence-corrected chi connectivity index (χ3v) is 10.2. The number of rotatable bonds is 5. The molecule has 0 aromatic carbocycles. The van der Waals surface area contributed by atoms with E-state index in [9.17, 15) is 4.79 Å². The number of fused-ring (bicyclic) bond motifs is 5. The highest BCUT2D eigenvalue weighted by atomic mass is 16.5. The van der Waals surface area contributed by atoms with Crippen LogP contribution in [0.5, 0.6) is 0 Å². The lowest BCUT2D eigenvalue weighted by Crippen LogP contribution is -2.50. The first kappa shape index (κ1) is 23.5. The number of ether oxygens (including phenoxy) is 2. The molecule has 5 aliphatic rings. The largest absolute Gasteiger partial charge is 0.462 e. The zero-order valence-electron chi connectivity index (χ0n) is 21.1. The predicted octanol–water partition coefficient (Wildman–Crippen LogP) is 5.04. The van der Waals surface area contributed by atoms with Crippen LogP contribution in [0.25, 0.3) is 0 Å². The molecule has 0 N–H and O–H groups in total. The second-order valence-electron chi connectivity index (χ2n) is 11.9. The number of aliphatic imine (C=N–C) groups is 1. The Bertz CT molecular complexity index is 801. The fraction of sp³-hybridized carbons (Fsp3) is 0.857. The van der Waals surface area contributed by atoms with Crippen molar-refractivity contribution in [3.8, 4) is 0 Å². The molecule has 4 fully saturated rings. The van der Waals surface area contributed by atoms with Crippen molar-refractivity contribution in [2.45, 2.75) is 84.7 Å². The number of morpholine rings is 1. The molecule has 5 rings (SSSR count). The number of hydrogen-bond donors (Lipinski definition) is 0. The maximum absolute atomic E-state index is 11.5. The average Bonchev–Trinajstić information content (AvgIpc) is 3.13. The Hall–Kier alpha value is -1.20. The van der Waals surface area contributed by atoms with Gasteiger partial charge in [0.25, 0.3) is 0 Å². The van der Waals surface area contributed by atoms with E-state index in [2.05, 4.69) is 24.8 Å². The second kappa shape index (κ2) is 9.45. The molecule has 1 aliphatic heterocycles. The number of allylic oxidation sites excluding steroid dienone is 1. The molecule has 4 aliphatic carbocycles. The van der Waals surface area contributed by atoms with Gasteiger partial charge in [-0.3, -0.25) is 14.7 Å². The Morgan fingerprint density at radius 1 is 1.15 bits per heavy atom. The zero-order chi connectivity index (χ0) is 23.1. The number of nitrogens with zero attached hydrogens (tertiary/aromatic N) is 2. The van der Waals surface area contributed by atoms with Crippen molar-refractivity contribution in [2.75, 3.05) is 39.4 Å².